The Bertz CT molecular complexity index is 1810. The number of carboxylic acids is 1. The van der Waals surface area contributed by atoms with Gasteiger partial charge in [-0.2, -0.15) is 0 Å². The quantitative estimate of drug-likeness (QED) is 0.0401. The number of oxime groups is 1. The summed E-state index contributed by atoms with van der Waals surface area (Å²) >= 11 is 4.79. The summed E-state index contributed by atoms with van der Waals surface area (Å²) in [5.41, 5.74) is 6.35. The zero-order valence-electron chi connectivity index (χ0n) is 25.0. The minimum atomic E-state index is -1.53. The van der Waals surface area contributed by atoms with E-state index in [2.05, 4.69) is 25.7 Å². The van der Waals surface area contributed by atoms with Crippen molar-refractivity contribution in [3.63, 3.8) is 0 Å². The van der Waals surface area contributed by atoms with Crippen molar-refractivity contribution < 1.29 is 72.9 Å². The van der Waals surface area contributed by atoms with Crippen molar-refractivity contribution >= 4 is 86.8 Å². The number of aliphatic carboxylic acids is 1. The number of nitrogens with one attached hydrogen (secondary N) is 1. The molecule has 16 nitrogen and oxygen atoms in total. The second-order valence-electron chi connectivity index (χ2n) is 9.30. The number of carboxylic acid groups (broad SMARTS) is 1. The Labute approximate surface area is 304 Å². The molecule has 3 N–H and O–H groups in total. The van der Waals surface area contributed by atoms with Crippen molar-refractivity contribution in [2.24, 2.45) is 5.16 Å². The van der Waals surface area contributed by atoms with Gasteiger partial charge in [0.15, 0.2) is 26.7 Å². The minimum absolute atomic E-state index is 0. The number of esters is 2. The van der Waals surface area contributed by atoms with Gasteiger partial charge in [-0.25, -0.2) is 4.98 Å². The number of nitrogens with two attached hydrogens (primary N) is 1. The Balaban J connectivity index is 0.00000500. The van der Waals surface area contributed by atoms with Crippen LogP contribution in [0.3, 0.4) is 0 Å². The van der Waals surface area contributed by atoms with E-state index in [-0.39, 0.29) is 74.8 Å². The van der Waals surface area contributed by atoms with Gasteiger partial charge in [0.1, 0.15) is 29.2 Å². The molecule has 2 aliphatic heterocycles. The van der Waals surface area contributed by atoms with Crippen molar-refractivity contribution in [2.45, 2.75) is 29.6 Å². The second kappa shape index (κ2) is 15.6. The number of fused-ring (bicyclic) bond motifs is 1. The number of anilines is 1. The molecule has 2 amide bonds. The molecule has 1 saturated heterocycles. The van der Waals surface area contributed by atoms with Crippen LogP contribution in [0.2, 0.25) is 0 Å². The Morgan fingerprint density at radius 2 is 1.89 bits per heavy atom. The number of carbonyl (C=O) groups is 5. The Morgan fingerprint density at radius 1 is 1.17 bits per heavy atom. The zero-order chi connectivity index (χ0) is 33.1. The molecule has 0 spiro atoms. The summed E-state index contributed by atoms with van der Waals surface area (Å²) in [5.74, 6) is -3.57. The third-order valence-electron chi connectivity index (χ3n) is 6.16. The number of β-lactam (4-membered cyclic amide) rings is 1. The molecule has 0 unspecified atom stereocenters. The van der Waals surface area contributed by atoms with E-state index in [0.717, 1.165) is 16.2 Å². The average molecular weight is 728 g/mol. The van der Waals surface area contributed by atoms with E-state index in [1.807, 2.05) is 0 Å². The molecule has 0 saturated carbocycles. The van der Waals surface area contributed by atoms with Gasteiger partial charge < -0.3 is 35.3 Å². The van der Waals surface area contributed by atoms with Crippen LogP contribution in [0, 0.1) is 0 Å². The molecule has 0 radical (unpaired) electrons. The van der Waals surface area contributed by atoms with Crippen LogP contribution in [-0.4, -0.2) is 85.5 Å². The second-order valence-corrected chi connectivity index (χ2v) is 13.5. The summed E-state index contributed by atoms with van der Waals surface area (Å²) < 4.78 is 10.8. The number of rotatable bonds is 11. The summed E-state index contributed by atoms with van der Waals surface area (Å²) in [6.07, 6.45) is 0. The molecule has 240 valence electrons. The normalized spacial score (nSPS) is 17.2. The van der Waals surface area contributed by atoms with E-state index in [4.69, 9.17) is 20.0 Å². The molecule has 1 aromatic carbocycles. The number of amides is 2. The van der Waals surface area contributed by atoms with Crippen LogP contribution >= 0.6 is 46.2 Å². The van der Waals surface area contributed by atoms with Gasteiger partial charge >= 0.3 is 41.5 Å². The van der Waals surface area contributed by atoms with Gasteiger partial charge in [0.05, 0.1) is 11.7 Å². The predicted molar refractivity (Wildman–Crippen MR) is 166 cm³/mol. The van der Waals surface area contributed by atoms with Crippen LogP contribution in [0.25, 0.3) is 10.6 Å². The molecule has 3 aromatic rings. The molecule has 21 heteroatoms. The van der Waals surface area contributed by atoms with E-state index in [1.165, 1.54) is 73.3 Å². The summed E-state index contributed by atoms with van der Waals surface area (Å²) in [6, 6.07) is 3.56. The van der Waals surface area contributed by atoms with Gasteiger partial charge in [0.2, 0.25) is 0 Å². The first-order valence-electron chi connectivity index (χ1n) is 13.0. The fourth-order valence-corrected chi connectivity index (χ4v) is 8.21. The fourth-order valence-electron chi connectivity index (χ4n) is 4.33. The van der Waals surface area contributed by atoms with Gasteiger partial charge in [0.25, 0.3) is 11.8 Å². The Hall–Kier alpha value is -3.53. The van der Waals surface area contributed by atoms with Crippen molar-refractivity contribution in [2.75, 3.05) is 24.3 Å². The van der Waals surface area contributed by atoms with Crippen LogP contribution in [0.5, 0.6) is 11.5 Å². The summed E-state index contributed by atoms with van der Waals surface area (Å²) in [7, 11) is 1.25. The van der Waals surface area contributed by atoms with Gasteiger partial charge in [-0.15, -0.1) is 33.3 Å². The van der Waals surface area contributed by atoms with E-state index < -0.39 is 41.1 Å². The van der Waals surface area contributed by atoms with Crippen LogP contribution in [-0.2, 0) is 28.8 Å². The standard InChI is InChI=1S/C26H23N7O9S4.Na/c1-10(34)41-15-5-4-12(6-16(15)42-11(2)35)21-30-31-26(46-21)45-8-13-7-43-23-18(22(37)33(23)19(13)24(38)39)29-20(36)17(32-40-3)14-9-44-25(27)28-14;/h4-6,9,18,23H,7-8H2,1-3H3,(H2,27,28)(H,29,36)(H,38,39);/q;+1/p-1/t18-,23+;/m1./s1. The molecule has 5 rings (SSSR count). The minimum Gasteiger partial charge on any atom is -0.543 e. The molecule has 47 heavy (non-hydrogen) atoms. The van der Waals surface area contributed by atoms with E-state index >= 15 is 0 Å². The number of thioether (sulfide) groups is 2. The predicted octanol–water partition coefficient (Wildman–Crippen LogP) is -2.35. The average Bonchev–Trinajstić information content (AvgIpc) is 3.66. The number of nitrogens with zero attached hydrogens (tertiary/aromatic N) is 5. The molecule has 2 aromatic heterocycles. The van der Waals surface area contributed by atoms with E-state index in [0.29, 0.717) is 20.5 Å². The van der Waals surface area contributed by atoms with Crippen LogP contribution in [0.1, 0.15) is 19.5 Å². The number of thiazole rings is 1. The van der Waals surface area contributed by atoms with Gasteiger partial charge in [-0.05, 0) is 23.8 Å². The maximum atomic E-state index is 13.1. The summed E-state index contributed by atoms with van der Waals surface area (Å²) in [5, 5.41) is 28.3. The Kier molecular flexibility index (Phi) is 12.0. The summed E-state index contributed by atoms with van der Waals surface area (Å²) in [4.78, 5) is 71.1. The van der Waals surface area contributed by atoms with Crippen molar-refractivity contribution in [3.05, 3.63) is 40.5 Å². The molecular weight excluding hydrogens is 706 g/mol. The van der Waals surface area contributed by atoms with Gasteiger partial charge in [-0.1, -0.05) is 28.3 Å². The van der Waals surface area contributed by atoms with Crippen LogP contribution < -0.4 is 55.2 Å². The maximum Gasteiger partial charge on any atom is 1.00 e. The monoisotopic (exact) mass is 727 g/mol. The largest absolute Gasteiger partial charge is 1.00 e. The first-order chi connectivity index (χ1) is 22.0. The number of ether oxygens (including phenoxy) is 2. The summed E-state index contributed by atoms with van der Waals surface area (Å²) in [6.45, 7) is 2.43. The molecule has 4 heterocycles. The smallest absolute Gasteiger partial charge is 0.543 e. The van der Waals surface area contributed by atoms with Crippen LogP contribution in [0.4, 0.5) is 5.13 Å². The number of benzene rings is 1. The van der Waals surface area contributed by atoms with Crippen LogP contribution in [0.15, 0.2) is 44.3 Å². The van der Waals surface area contributed by atoms with Crippen molar-refractivity contribution in [1.82, 2.24) is 25.4 Å². The third-order valence-corrected chi connectivity index (χ3v) is 10.4. The van der Waals surface area contributed by atoms with Crippen molar-refractivity contribution in [1.29, 1.82) is 0 Å². The molecule has 0 bridgehead atoms. The SMILES string of the molecule is CON=C(C(=O)N[C@@H]1C(=O)N2C(C(=O)[O-])=C(CSc3nnc(-c4ccc(OC(C)=O)c(OC(C)=O)c4)s3)CS[C@@H]12)c1csc(N)n1.[Na+]. The molecule has 1 fully saturated rings. The number of hydrogen-bond donors (Lipinski definition) is 2. The first-order valence-corrected chi connectivity index (χ1v) is 16.7. The molecule has 2 atom stereocenters. The maximum absolute atomic E-state index is 13.1. The topological polar surface area (TPSA) is 228 Å². The number of carbonyl (C=O) groups excluding carboxylic acids is 5. The Morgan fingerprint density at radius 3 is 2.53 bits per heavy atom. The molecular formula is C26H22N7NaO9S4. The molecule has 2 aliphatic rings. The van der Waals surface area contributed by atoms with Gasteiger partial charge in [0, 0.05) is 36.3 Å². The first kappa shape index (κ1) is 36.3. The van der Waals surface area contributed by atoms with Crippen molar-refractivity contribution in [3.8, 4) is 22.1 Å². The zero-order valence-corrected chi connectivity index (χ0v) is 30.3. The van der Waals surface area contributed by atoms with E-state index in [9.17, 15) is 29.1 Å². The number of aromatic nitrogens is 3. The molecule has 0 aliphatic carbocycles. The third kappa shape index (κ3) is 8.13. The van der Waals surface area contributed by atoms with E-state index in [1.54, 1.807) is 6.07 Å². The number of nitrogen functional groups attached to an aromatic ring is 1. The van der Waals surface area contributed by atoms with Gasteiger partial charge in [-0.3, -0.25) is 24.1 Å². The fraction of sp³-hybridized carbons (Fsp3) is 0.269. The number of hydrogen-bond acceptors (Lipinski definition) is 18.